The van der Waals surface area contributed by atoms with E-state index >= 15 is 0 Å². The van der Waals surface area contributed by atoms with Crippen LogP contribution >= 0.6 is 0 Å². The van der Waals surface area contributed by atoms with E-state index in [0.29, 0.717) is 30.9 Å². The number of hydrogen-bond acceptors (Lipinski definition) is 9. The molecule has 1 aromatic heterocycles. The van der Waals surface area contributed by atoms with Gasteiger partial charge in [0.25, 0.3) is 0 Å². The Labute approximate surface area is 321 Å². The Morgan fingerprint density at radius 3 is 2.13 bits per heavy atom. The van der Waals surface area contributed by atoms with Crippen LogP contribution in [0.1, 0.15) is 67.2 Å². The third-order valence-electron chi connectivity index (χ3n) is 9.33. The third kappa shape index (κ3) is 10.1. The number of aryl methyl sites for hydroxylation is 1. The maximum Gasteiger partial charge on any atom is 0.411 e. The molecule has 0 aliphatic carbocycles. The molecule has 0 spiro atoms. The molecule has 2 heterocycles. The van der Waals surface area contributed by atoms with Crippen molar-refractivity contribution in [2.75, 3.05) is 25.6 Å². The predicted molar refractivity (Wildman–Crippen MR) is 206 cm³/mol. The van der Waals surface area contributed by atoms with Crippen molar-refractivity contribution in [2.24, 2.45) is 0 Å². The fourth-order valence-electron chi connectivity index (χ4n) is 6.72. The van der Waals surface area contributed by atoms with Gasteiger partial charge in [-0.3, -0.25) is 9.69 Å². The standard InChI is InChI=1S/C42H47N7O6/c1-42(2,3)55-41(52)48-27-33(54-28-35(48)38-45-46-47-49(38)26-29-16-8-5-9-17-29)25-24-30-18-14-15-23-34(30)43-39(50)37(44-40(51)53-4)36(31-19-10-6-11-20-31)32-21-12-7-13-22-32/h5-23,33,35-37H,24-28H2,1-4H3,(H,43,50)(H,44,51)/t33-,35+,37+/m1/s1. The Bertz CT molecular complexity index is 1980. The van der Waals surface area contributed by atoms with Crippen LogP contribution in [0.4, 0.5) is 15.3 Å². The number of ether oxygens (including phenoxy) is 3. The Morgan fingerprint density at radius 1 is 0.873 bits per heavy atom. The highest BCUT2D eigenvalue weighted by atomic mass is 16.6. The second-order valence-electron chi connectivity index (χ2n) is 14.4. The summed E-state index contributed by atoms with van der Waals surface area (Å²) in [5.41, 5.74) is 3.48. The zero-order valence-electron chi connectivity index (χ0n) is 31.5. The lowest BCUT2D eigenvalue weighted by atomic mass is 9.84. The summed E-state index contributed by atoms with van der Waals surface area (Å²) in [4.78, 5) is 42.3. The number of carbonyl (C=O) groups is 3. The minimum absolute atomic E-state index is 0.165. The third-order valence-corrected chi connectivity index (χ3v) is 9.33. The number of anilines is 1. The summed E-state index contributed by atoms with van der Waals surface area (Å²) in [7, 11) is 1.27. The number of morpholine rings is 1. The van der Waals surface area contributed by atoms with Gasteiger partial charge in [0, 0.05) is 11.6 Å². The van der Waals surface area contributed by atoms with Crippen LogP contribution in [-0.4, -0.2) is 81.2 Å². The second-order valence-corrected chi connectivity index (χ2v) is 14.4. The van der Waals surface area contributed by atoms with Crippen LogP contribution < -0.4 is 10.6 Å². The van der Waals surface area contributed by atoms with Gasteiger partial charge in [-0.15, -0.1) is 5.10 Å². The van der Waals surface area contributed by atoms with E-state index in [1.807, 2.05) is 136 Å². The van der Waals surface area contributed by atoms with E-state index in [4.69, 9.17) is 14.2 Å². The molecule has 5 aromatic rings. The molecule has 6 rings (SSSR count). The average molecular weight is 746 g/mol. The normalized spacial score (nSPS) is 16.3. The number of nitrogens with one attached hydrogen (secondary N) is 2. The van der Waals surface area contributed by atoms with Gasteiger partial charge in [0.1, 0.15) is 17.7 Å². The topological polar surface area (TPSA) is 150 Å². The fourth-order valence-corrected chi connectivity index (χ4v) is 6.72. The van der Waals surface area contributed by atoms with Crippen molar-refractivity contribution in [1.29, 1.82) is 0 Å². The Kier molecular flexibility index (Phi) is 12.5. The van der Waals surface area contributed by atoms with Gasteiger partial charge in [0.15, 0.2) is 5.82 Å². The molecule has 55 heavy (non-hydrogen) atoms. The fraction of sp³-hybridized carbons (Fsp3) is 0.333. The van der Waals surface area contributed by atoms with Crippen LogP contribution in [-0.2, 0) is 32.0 Å². The number of carbonyl (C=O) groups excluding carboxylic acids is 3. The number of aromatic nitrogens is 4. The molecule has 0 saturated carbocycles. The molecule has 0 unspecified atom stereocenters. The van der Waals surface area contributed by atoms with Crippen LogP contribution in [0.5, 0.6) is 0 Å². The average Bonchev–Trinajstić information content (AvgIpc) is 3.65. The molecule has 4 aromatic carbocycles. The lowest BCUT2D eigenvalue weighted by molar-refractivity contribution is -0.118. The highest BCUT2D eigenvalue weighted by molar-refractivity contribution is 5.98. The number of rotatable bonds is 12. The van der Waals surface area contributed by atoms with E-state index in [2.05, 4.69) is 26.2 Å². The predicted octanol–water partition coefficient (Wildman–Crippen LogP) is 6.53. The number of tetrazole rings is 1. The van der Waals surface area contributed by atoms with E-state index in [-0.39, 0.29) is 19.3 Å². The molecule has 13 nitrogen and oxygen atoms in total. The van der Waals surface area contributed by atoms with E-state index in [1.165, 1.54) is 7.11 Å². The van der Waals surface area contributed by atoms with Crippen LogP contribution in [0.15, 0.2) is 115 Å². The smallest absolute Gasteiger partial charge is 0.411 e. The van der Waals surface area contributed by atoms with Crippen LogP contribution in [0.3, 0.4) is 0 Å². The van der Waals surface area contributed by atoms with Crippen LogP contribution in [0.2, 0.25) is 0 Å². The first-order valence-electron chi connectivity index (χ1n) is 18.3. The van der Waals surface area contributed by atoms with Crippen LogP contribution in [0, 0.1) is 0 Å². The number of hydrogen-bond donors (Lipinski definition) is 2. The molecule has 13 heteroatoms. The van der Waals surface area contributed by atoms with Gasteiger partial charge in [-0.05, 0) is 72.4 Å². The molecular weight excluding hydrogens is 699 g/mol. The number of alkyl carbamates (subject to hydrolysis) is 1. The number of nitrogens with zero attached hydrogens (tertiary/aromatic N) is 5. The van der Waals surface area contributed by atoms with Crippen molar-refractivity contribution in [2.45, 2.75) is 69.9 Å². The molecule has 286 valence electrons. The number of methoxy groups -OCH3 is 1. The molecular formula is C42H47N7O6. The minimum atomic E-state index is -1.01. The molecule has 3 amide bonds. The first-order valence-corrected chi connectivity index (χ1v) is 18.3. The first kappa shape index (κ1) is 38.6. The second kappa shape index (κ2) is 17.8. The molecule has 1 aliphatic heterocycles. The van der Waals surface area contributed by atoms with Crippen molar-refractivity contribution >= 4 is 23.8 Å². The van der Waals surface area contributed by atoms with Gasteiger partial charge < -0.3 is 24.8 Å². The zero-order valence-corrected chi connectivity index (χ0v) is 31.5. The summed E-state index contributed by atoms with van der Waals surface area (Å²) in [5, 5.41) is 18.3. The minimum Gasteiger partial charge on any atom is -0.453 e. The van der Waals surface area contributed by atoms with Gasteiger partial charge >= 0.3 is 12.2 Å². The van der Waals surface area contributed by atoms with Crippen molar-refractivity contribution in [1.82, 2.24) is 30.4 Å². The highest BCUT2D eigenvalue weighted by Gasteiger charge is 2.39. The Morgan fingerprint density at radius 2 is 1.49 bits per heavy atom. The molecule has 2 N–H and O–H groups in total. The van der Waals surface area contributed by atoms with Crippen molar-refractivity contribution in [3.63, 3.8) is 0 Å². The maximum atomic E-state index is 14.3. The summed E-state index contributed by atoms with van der Waals surface area (Å²) in [6, 6.07) is 34.9. The molecule has 1 fully saturated rings. The van der Waals surface area contributed by atoms with Gasteiger partial charge in [0.2, 0.25) is 5.91 Å². The van der Waals surface area contributed by atoms with Crippen molar-refractivity contribution < 1.29 is 28.6 Å². The lowest BCUT2D eigenvalue weighted by Gasteiger charge is -2.39. The lowest BCUT2D eigenvalue weighted by Crippen LogP contribution is -2.50. The molecule has 1 aliphatic rings. The number of amides is 3. The van der Waals surface area contributed by atoms with Crippen LogP contribution in [0.25, 0.3) is 0 Å². The Balaban J connectivity index is 1.20. The van der Waals surface area contributed by atoms with Crippen molar-refractivity contribution in [3.8, 4) is 0 Å². The highest BCUT2D eigenvalue weighted by Crippen LogP contribution is 2.31. The van der Waals surface area contributed by atoms with Gasteiger partial charge in [-0.2, -0.15) is 0 Å². The summed E-state index contributed by atoms with van der Waals surface area (Å²) >= 11 is 0. The van der Waals surface area contributed by atoms with E-state index in [1.54, 1.807) is 9.58 Å². The molecule has 3 atom stereocenters. The summed E-state index contributed by atoms with van der Waals surface area (Å²) in [6.07, 6.45) is -0.491. The summed E-state index contributed by atoms with van der Waals surface area (Å²) < 4.78 is 18.9. The van der Waals surface area contributed by atoms with Gasteiger partial charge in [0.05, 0.1) is 32.9 Å². The number of para-hydroxylation sites is 1. The molecule has 0 bridgehead atoms. The Hall–Kier alpha value is -6.08. The largest absolute Gasteiger partial charge is 0.453 e. The molecule has 0 radical (unpaired) electrons. The summed E-state index contributed by atoms with van der Waals surface area (Å²) in [5.74, 6) is -0.415. The monoisotopic (exact) mass is 745 g/mol. The van der Waals surface area contributed by atoms with E-state index < -0.39 is 41.7 Å². The van der Waals surface area contributed by atoms with E-state index in [9.17, 15) is 14.4 Å². The SMILES string of the molecule is COC(=O)N[C@H](C(=O)Nc1ccccc1CC[C@@H]1CN(C(=O)OC(C)(C)C)[C@H](c2nnnn2Cc2ccccc2)CO1)C(c1ccccc1)c1ccccc1. The zero-order chi connectivity index (χ0) is 38.8. The molecule has 1 saturated heterocycles. The maximum absolute atomic E-state index is 14.3. The quantitative estimate of drug-likeness (QED) is 0.145. The number of benzene rings is 4. The van der Waals surface area contributed by atoms with Crippen molar-refractivity contribution in [3.05, 3.63) is 143 Å². The summed E-state index contributed by atoms with van der Waals surface area (Å²) in [6.45, 7) is 6.33. The first-order chi connectivity index (χ1) is 26.6. The van der Waals surface area contributed by atoms with Gasteiger partial charge in [-0.1, -0.05) is 109 Å². The van der Waals surface area contributed by atoms with Gasteiger partial charge in [-0.25, -0.2) is 14.3 Å². The van der Waals surface area contributed by atoms with E-state index in [0.717, 1.165) is 22.3 Å².